The van der Waals surface area contributed by atoms with Crippen LogP contribution in [0, 0.1) is 0 Å². The molecule has 1 unspecified atom stereocenters. The number of aromatic nitrogens is 1. The maximum absolute atomic E-state index is 10.4. The van der Waals surface area contributed by atoms with Crippen molar-refractivity contribution in [3.63, 3.8) is 0 Å². The molecule has 0 spiro atoms. The lowest BCUT2D eigenvalue weighted by Crippen LogP contribution is -2.05. The lowest BCUT2D eigenvalue weighted by molar-refractivity contribution is 0.161. The first-order valence-corrected chi connectivity index (χ1v) is 7.11. The summed E-state index contributed by atoms with van der Waals surface area (Å²) in [4.78, 5) is 4.27. The van der Waals surface area contributed by atoms with E-state index in [0.29, 0.717) is 13.0 Å². The Morgan fingerprint density at radius 1 is 1.15 bits per heavy atom. The number of hydrogen-bond donors (Lipinski definition) is 1. The van der Waals surface area contributed by atoms with Gasteiger partial charge in [0.05, 0.1) is 12.7 Å². The van der Waals surface area contributed by atoms with E-state index >= 15 is 0 Å². The van der Waals surface area contributed by atoms with Crippen LogP contribution in [0.25, 0.3) is 0 Å². The van der Waals surface area contributed by atoms with Gasteiger partial charge in [-0.15, -0.1) is 0 Å². The number of nitrogens with zero attached hydrogens (tertiary/aromatic N) is 1. The summed E-state index contributed by atoms with van der Waals surface area (Å²) >= 11 is 0. The van der Waals surface area contributed by atoms with Crippen LogP contribution in [0.2, 0.25) is 0 Å². The molecule has 20 heavy (non-hydrogen) atoms. The quantitative estimate of drug-likeness (QED) is 0.837. The third kappa shape index (κ3) is 4.07. The van der Waals surface area contributed by atoms with Crippen molar-refractivity contribution in [1.82, 2.24) is 4.98 Å². The van der Waals surface area contributed by atoms with Crippen molar-refractivity contribution >= 4 is 0 Å². The minimum absolute atomic E-state index is 0.523. The van der Waals surface area contributed by atoms with Crippen molar-refractivity contribution in [2.75, 3.05) is 6.61 Å². The van der Waals surface area contributed by atoms with Gasteiger partial charge in [0.1, 0.15) is 5.75 Å². The lowest BCUT2D eigenvalue weighted by Gasteiger charge is -2.15. The van der Waals surface area contributed by atoms with Crippen LogP contribution in [-0.4, -0.2) is 16.7 Å². The van der Waals surface area contributed by atoms with Crippen LogP contribution in [0.4, 0.5) is 0 Å². The molecule has 1 heterocycles. The number of rotatable bonds is 7. The SMILES string of the molecule is CCCOc1ccccc1C(O)CCc1ccccn1. The highest BCUT2D eigenvalue weighted by atomic mass is 16.5. The van der Waals surface area contributed by atoms with Crippen LogP contribution in [0.1, 0.15) is 37.1 Å². The van der Waals surface area contributed by atoms with Crippen molar-refractivity contribution in [2.45, 2.75) is 32.3 Å². The van der Waals surface area contributed by atoms with Crippen molar-refractivity contribution in [3.05, 3.63) is 59.9 Å². The second kappa shape index (κ2) is 7.65. The molecular weight excluding hydrogens is 250 g/mol. The van der Waals surface area contributed by atoms with E-state index in [2.05, 4.69) is 11.9 Å². The maximum Gasteiger partial charge on any atom is 0.125 e. The van der Waals surface area contributed by atoms with E-state index < -0.39 is 6.10 Å². The van der Waals surface area contributed by atoms with Crippen LogP contribution in [0.15, 0.2) is 48.7 Å². The van der Waals surface area contributed by atoms with Gasteiger partial charge in [-0.3, -0.25) is 4.98 Å². The molecule has 0 fully saturated rings. The third-order valence-corrected chi connectivity index (χ3v) is 3.14. The third-order valence-electron chi connectivity index (χ3n) is 3.14. The maximum atomic E-state index is 10.4. The van der Waals surface area contributed by atoms with Crippen LogP contribution >= 0.6 is 0 Å². The predicted molar refractivity (Wildman–Crippen MR) is 79.7 cm³/mol. The van der Waals surface area contributed by atoms with E-state index in [0.717, 1.165) is 29.8 Å². The summed E-state index contributed by atoms with van der Waals surface area (Å²) in [6.07, 6.45) is 3.61. The van der Waals surface area contributed by atoms with Crippen molar-refractivity contribution in [1.29, 1.82) is 0 Å². The van der Waals surface area contributed by atoms with Gasteiger partial charge in [0.2, 0.25) is 0 Å². The fourth-order valence-electron chi connectivity index (χ4n) is 2.09. The van der Waals surface area contributed by atoms with Gasteiger partial charge >= 0.3 is 0 Å². The van der Waals surface area contributed by atoms with Crippen LogP contribution in [0.3, 0.4) is 0 Å². The van der Waals surface area contributed by atoms with Crippen LogP contribution < -0.4 is 4.74 Å². The zero-order valence-corrected chi connectivity index (χ0v) is 11.8. The van der Waals surface area contributed by atoms with Gasteiger partial charge in [-0.05, 0) is 37.5 Å². The van der Waals surface area contributed by atoms with E-state index in [1.54, 1.807) is 6.20 Å². The molecule has 1 N–H and O–H groups in total. The normalized spacial score (nSPS) is 12.1. The number of benzene rings is 1. The molecule has 2 rings (SSSR count). The first-order valence-electron chi connectivity index (χ1n) is 7.11. The highest BCUT2D eigenvalue weighted by Crippen LogP contribution is 2.28. The highest BCUT2D eigenvalue weighted by Gasteiger charge is 2.13. The molecule has 2 aromatic rings. The first-order chi connectivity index (χ1) is 9.81. The number of pyridine rings is 1. The summed E-state index contributed by atoms with van der Waals surface area (Å²) in [5.74, 6) is 0.780. The Morgan fingerprint density at radius 2 is 1.95 bits per heavy atom. The first kappa shape index (κ1) is 14.5. The van der Waals surface area contributed by atoms with Gasteiger partial charge in [0.25, 0.3) is 0 Å². The van der Waals surface area contributed by atoms with Gasteiger partial charge in [0.15, 0.2) is 0 Å². The second-order valence-corrected chi connectivity index (χ2v) is 4.76. The van der Waals surface area contributed by atoms with E-state index in [1.807, 2.05) is 42.5 Å². The number of ether oxygens (including phenoxy) is 1. The highest BCUT2D eigenvalue weighted by molar-refractivity contribution is 5.35. The Balaban J connectivity index is 1.99. The number of aliphatic hydroxyl groups is 1. The minimum atomic E-state index is -0.523. The summed E-state index contributed by atoms with van der Waals surface area (Å²) in [5, 5.41) is 10.4. The standard InChI is InChI=1S/C17H21NO2/c1-2-13-20-17-9-4-3-8-15(17)16(19)11-10-14-7-5-6-12-18-14/h3-9,12,16,19H,2,10-11,13H2,1H3. The predicted octanol–water partition coefficient (Wildman–Crippen LogP) is 3.54. The van der Waals surface area contributed by atoms with Gasteiger partial charge in [-0.25, -0.2) is 0 Å². The second-order valence-electron chi connectivity index (χ2n) is 4.76. The van der Waals surface area contributed by atoms with Gasteiger partial charge < -0.3 is 9.84 Å². The van der Waals surface area contributed by atoms with E-state index in [-0.39, 0.29) is 0 Å². The van der Waals surface area contributed by atoms with E-state index in [1.165, 1.54) is 0 Å². The fraction of sp³-hybridized carbons (Fsp3) is 0.353. The smallest absolute Gasteiger partial charge is 0.125 e. The van der Waals surface area contributed by atoms with Gasteiger partial charge in [0, 0.05) is 17.5 Å². The van der Waals surface area contributed by atoms with Crippen molar-refractivity contribution < 1.29 is 9.84 Å². The summed E-state index contributed by atoms with van der Waals surface area (Å²) in [7, 11) is 0. The van der Waals surface area contributed by atoms with Crippen molar-refractivity contribution in [3.8, 4) is 5.75 Å². The van der Waals surface area contributed by atoms with E-state index in [9.17, 15) is 5.11 Å². The number of aliphatic hydroxyl groups excluding tert-OH is 1. The molecule has 0 aliphatic heterocycles. The molecule has 0 aliphatic carbocycles. The van der Waals surface area contributed by atoms with E-state index in [4.69, 9.17) is 4.74 Å². The molecule has 0 radical (unpaired) electrons. The number of aryl methyl sites for hydroxylation is 1. The lowest BCUT2D eigenvalue weighted by atomic mass is 10.0. The largest absolute Gasteiger partial charge is 0.493 e. The summed E-state index contributed by atoms with van der Waals surface area (Å²) in [6, 6.07) is 13.5. The van der Waals surface area contributed by atoms with Gasteiger partial charge in [-0.2, -0.15) is 0 Å². The molecule has 106 valence electrons. The topological polar surface area (TPSA) is 42.4 Å². The Hall–Kier alpha value is -1.87. The number of hydrogen-bond acceptors (Lipinski definition) is 3. The average Bonchev–Trinajstić information content (AvgIpc) is 2.52. The molecule has 3 nitrogen and oxygen atoms in total. The number of para-hydroxylation sites is 1. The molecule has 3 heteroatoms. The molecule has 0 bridgehead atoms. The zero-order valence-electron chi connectivity index (χ0n) is 11.8. The fourth-order valence-corrected chi connectivity index (χ4v) is 2.09. The van der Waals surface area contributed by atoms with Crippen molar-refractivity contribution in [2.24, 2.45) is 0 Å². The molecule has 1 atom stereocenters. The molecule has 0 saturated carbocycles. The Morgan fingerprint density at radius 3 is 2.70 bits per heavy atom. The molecule has 1 aromatic heterocycles. The monoisotopic (exact) mass is 271 g/mol. The Bertz CT molecular complexity index is 513. The molecular formula is C17H21NO2. The Kier molecular flexibility index (Phi) is 5.56. The summed E-state index contributed by atoms with van der Waals surface area (Å²) in [6.45, 7) is 2.74. The average molecular weight is 271 g/mol. The summed E-state index contributed by atoms with van der Waals surface area (Å²) in [5.41, 5.74) is 1.86. The van der Waals surface area contributed by atoms with Gasteiger partial charge in [-0.1, -0.05) is 31.2 Å². The van der Waals surface area contributed by atoms with Crippen LogP contribution in [0.5, 0.6) is 5.75 Å². The van der Waals surface area contributed by atoms with Crippen LogP contribution in [-0.2, 0) is 6.42 Å². The minimum Gasteiger partial charge on any atom is -0.493 e. The molecule has 0 saturated heterocycles. The summed E-state index contributed by atoms with van der Waals surface area (Å²) < 4.78 is 5.68. The Labute approximate surface area is 120 Å². The zero-order chi connectivity index (χ0) is 14.2. The molecule has 1 aromatic carbocycles. The molecule has 0 aliphatic rings. The molecule has 0 amide bonds.